The zero-order valence-electron chi connectivity index (χ0n) is 13.2. The van der Waals surface area contributed by atoms with Crippen molar-refractivity contribution in [1.82, 2.24) is 4.98 Å². The Kier molecular flexibility index (Phi) is 5.41. The Balaban J connectivity index is 0.000000704. The van der Waals surface area contributed by atoms with Gasteiger partial charge in [0.05, 0.1) is 0 Å². The van der Waals surface area contributed by atoms with Crippen LogP contribution >= 0.6 is 0 Å². The quantitative estimate of drug-likeness (QED) is 0.780. The Morgan fingerprint density at radius 2 is 1.75 bits per heavy atom. The van der Waals surface area contributed by atoms with Gasteiger partial charge in [0.1, 0.15) is 5.82 Å². The number of aromatic nitrogens is 1. The molecule has 0 aliphatic carbocycles. The minimum absolute atomic E-state index is 0.568. The molecule has 2 fully saturated rings. The standard InChI is InChI=1S/C15H22N2O.C2H6/c1-13-2-7-16-14(12-13)17-8-3-15(4-9-17)5-10-18-11-6-15;1-2/h2,7,12H,3-6,8-11H2,1H3;1-2H3. The first-order valence-electron chi connectivity index (χ1n) is 8.03. The van der Waals surface area contributed by atoms with Gasteiger partial charge in [-0.3, -0.25) is 0 Å². The molecule has 20 heavy (non-hydrogen) atoms. The van der Waals surface area contributed by atoms with Crippen molar-refractivity contribution in [1.29, 1.82) is 0 Å². The molecule has 3 rings (SSSR count). The van der Waals surface area contributed by atoms with Gasteiger partial charge in [0.25, 0.3) is 0 Å². The number of hydrogen-bond acceptors (Lipinski definition) is 3. The largest absolute Gasteiger partial charge is 0.381 e. The molecule has 1 spiro atoms. The van der Waals surface area contributed by atoms with E-state index in [0.717, 1.165) is 32.1 Å². The number of aryl methyl sites for hydroxylation is 1. The van der Waals surface area contributed by atoms with Gasteiger partial charge in [-0.25, -0.2) is 4.98 Å². The fourth-order valence-corrected chi connectivity index (χ4v) is 3.21. The van der Waals surface area contributed by atoms with Crippen LogP contribution in [0.3, 0.4) is 0 Å². The van der Waals surface area contributed by atoms with Crippen LogP contribution in [-0.2, 0) is 4.74 Å². The van der Waals surface area contributed by atoms with Crippen LogP contribution < -0.4 is 4.90 Å². The summed E-state index contributed by atoms with van der Waals surface area (Å²) >= 11 is 0. The maximum absolute atomic E-state index is 5.50. The van der Waals surface area contributed by atoms with E-state index < -0.39 is 0 Å². The highest BCUT2D eigenvalue weighted by Gasteiger charge is 2.36. The molecular formula is C17H28N2O. The number of piperidine rings is 1. The monoisotopic (exact) mass is 276 g/mol. The van der Waals surface area contributed by atoms with Crippen molar-refractivity contribution in [3.63, 3.8) is 0 Å². The Morgan fingerprint density at radius 1 is 1.10 bits per heavy atom. The molecule has 0 aromatic carbocycles. The maximum atomic E-state index is 5.50. The molecular weight excluding hydrogens is 248 g/mol. The lowest BCUT2D eigenvalue weighted by atomic mass is 9.72. The predicted octanol–water partition coefficient (Wildman–Crippen LogP) is 3.81. The van der Waals surface area contributed by atoms with Gasteiger partial charge in [-0.1, -0.05) is 13.8 Å². The van der Waals surface area contributed by atoms with Crippen LogP contribution in [0.15, 0.2) is 18.3 Å². The van der Waals surface area contributed by atoms with Crippen LogP contribution in [0.5, 0.6) is 0 Å². The normalized spacial score (nSPS) is 21.2. The van der Waals surface area contributed by atoms with Gasteiger partial charge in [0, 0.05) is 32.5 Å². The fraction of sp³-hybridized carbons (Fsp3) is 0.706. The molecule has 0 N–H and O–H groups in total. The van der Waals surface area contributed by atoms with Gasteiger partial charge in [-0.15, -0.1) is 0 Å². The summed E-state index contributed by atoms with van der Waals surface area (Å²) in [6.07, 6.45) is 7.02. The first kappa shape index (κ1) is 15.3. The summed E-state index contributed by atoms with van der Waals surface area (Å²) in [5.41, 5.74) is 1.87. The summed E-state index contributed by atoms with van der Waals surface area (Å²) in [5, 5.41) is 0. The van der Waals surface area contributed by atoms with Crippen LogP contribution in [0.2, 0.25) is 0 Å². The highest BCUT2D eigenvalue weighted by Crippen LogP contribution is 2.41. The van der Waals surface area contributed by atoms with Crippen LogP contribution in [0.25, 0.3) is 0 Å². The molecule has 3 heterocycles. The summed E-state index contributed by atoms with van der Waals surface area (Å²) in [7, 11) is 0. The molecule has 0 radical (unpaired) electrons. The minimum Gasteiger partial charge on any atom is -0.381 e. The lowest BCUT2D eigenvalue weighted by molar-refractivity contribution is 0.00206. The number of hydrogen-bond donors (Lipinski definition) is 0. The van der Waals surface area contributed by atoms with Crippen molar-refractivity contribution < 1.29 is 4.74 Å². The van der Waals surface area contributed by atoms with E-state index >= 15 is 0 Å². The van der Waals surface area contributed by atoms with Crippen LogP contribution in [0.1, 0.15) is 45.1 Å². The van der Waals surface area contributed by atoms with E-state index in [0.29, 0.717) is 5.41 Å². The number of anilines is 1. The number of rotatable bonds is 1. The molecule has 1 aromatic rings. The number of pyridine rings is 1. The Bertz CT molecular complexity index is 403. The van der Waals surface area contributed by atoms with Crippen molar-refractivity contribution in [2.45, 2.75) is 46.5 Å². The van der Waals surface area contributed by atoms with Gasteiger partial charge in [-0.05, 0) is 55.7 Å². The van der Waals surface area contributed by atoms with Gasteiger partial charge in [-0.2, -0.15) is 0 Å². The van der Waals surface area contributed by atoms with Gasteiger partial charge in [0.2, 0.25) is 0 Å². The Hall–Kier alpha value is -1.09. The zero-order chi connectivity index (χ0) is 14.4. The maximum Gasteiger partial charge on any atom is 0.128 e. The summed E-state index contributed by atoms with van der Waals surface area (Å²) in [6, 6.07) is 4.26. The van der Waals surface area contributed by atoms with E-state index in [9.17, 15) is 0 Å². The molecule has 2 aliphatic rings. The van der Waals surface area contributed by atoms with Crippen molar-refractivity contribution in [3.8, 4) is 0 Å². The summed E-state index contributed by atoms with van der Waals surface area (Å²) in [4.78, 5) is 6.94. The topological polar surface area (TPSA) is 25.4 Å². The van der Waals surface area contributed by atoms with Gasteiger partial charge in [0.15, 0.2) is 0 Å². The van der Waals surface area contributed by atoms with Crippen molar-refractivity contribution in [2.75, 3.05) is 31.2 Å². The van der Waals surface area contributed by atoms with E-state index in [1.54, 1.807) is 0 Å². The second kappa shape index (κ2) is 7.07. The first-order chi connectivity index (χ1) is 9.77. The average molecular weight is 276 g/mol. The highest BCUT2D eigenvalue weighted by atomic mass is 16.5. The fourth-order valence-electron chi connectivity index (χ4n) is 3.21. The second-order valence-electron chi connectivity index (χ2n) is 5.79. The third kappa shape index (κ3) is 3.51. The van der Waals surface area contributed by atoms with Crippen molar-refractivity contribution in [2.24, 2.45) is 5.41 Å². The molecule has 3 heteroatoms. The smallest absolute Gasteiger partial charge is 0.128 e. The zero-order valence-corrected chi connectivity index (χ0v) is 13.2. The molecule has 0 atom stereocenters. The predicted molar refractivity (Wildman–Crippen MR) is 84.3 cm³/mol. The van der Waals surface area contributed by atoms with Gasteiger partial charge >= 0.3 is 0 Å². The van der Waals surface area contributed by atoms with E-state index in [-0.39, 0.29) is 0 Å². The molecule has 1 aromatic heterocycles. The lowest BCUT2D eigenvalue weighted by Crippen LogP contribution is -2.43. The molecule has 2 aliphatic heterocycles. The summed E-state index contributed by atoms with van der Waals surface area (Å²) < 4.78 is 5.50. The minimum atomic E-state index is 0.568. The van der Waals surface area contributed by atoms with Gasteiger partial charge < -0.3 is 9.64 Å². The molecule has 112 valence electrons. The van der Waals surface area contributed by atoms with E-state index in [4.69, 9.17) is 4.74 Å². The Labute approximate surface area is 123 Å². The number of nitrogens with zero attached hydrogens (tertiary/aromatic N) is 2. The van der Waals surface area contributed by atoms with Crippen molar-refractivity contribution in [3.05, 3.63) is 23.9 Å². The summed E-state index contributed by atoms with van der Waals surface area (Å²) in [6.45, 7) is 10.4. The van der Waals surface area contributed by atoms with Crippen LogP contribution in [-0.4, -0.2) is 31.3 Å². The molecule has 0 saturated carbocycles. The van der Waals surface area contributed by atoms with Crippen LogP contribution in [0, 0.1) is 12.3 Å². The third-order valence-electron chi connectivity index (χ3n) is 4.60. The summed E-state index contributed by atoms with van der Waals surface area (Å²) in [5.74, 6) is 1.15. The second-order valence-corrected chi connectivity index (χ2v) is 5.79. The third-order valence-corrected chi connectivity index (χ3v) is 4.60. The molecule has 2 saturated heterocycles. The van der Waals surface area contributed by atoms with E-state index in [1.165, 1.54) is 31.2 Å². The number of ether oxygens (including phenoxy) is 1. The SMILES string of the molecule is CC.Cc1ccnc(N2CCC3(CCOCC3)CC2)c1. The molecule has 0 amide bonds. The average Bonchev–Trinajstić information content (AvgIpc) is 2.51. The van der Waals surface area contributed by atoms with Crippen LogP contribution in [0.4, 0.5) is 5.82 Å². The van der Waals surface area contributed by atoms with Crippen molar-refractivity contribution >= 4 is 5.82 Å². The van der Waals surface area contributed by atoms with E-state index in [1.807, 2.05) is 20.0 Å². The van der Waals surface area contributed by atoms with E-state index in [2.05, 4.69) is 28.9 Å². The molecule has 3 nitrogen and oxygen atoms in total. The molecule has 0 bridgehead atoms. The Morgan fingerprint density at radius 3 is 2.35 bits per heavy atom. The molecule has 0 unspecified atom stereocenters. The first-order valence-corrected chi connectivity index (χ1v) is 8.03. The highest BCUT2D eigenvalue weighted by molar-refractivity contribution is 5.41. The lowest BCUT2D eigenvalue weighted by Gasteiger charge is -2.44.